The summed E-state index contributed by atoms with van der Waals surface area (Å²) in [6, 6.07) is 0. The third-order valence-corrected chi connectivity index (χ3v) is 1.18. The molecule has 3 nitrogen and oxygen atoms in total. The SMILES string of the molecule is C#CCC(=O)ON(CC)CC. The van der Waals surface area contributed by atoms with E-state index in [9.17, 15) is 4.79 Å². The Hall–Kier alpha value is -1.01. The van der Waals surface area contributed by atoms with Crippen LogP contribution in [0.15, 0.2) is 0 Å². The molecule has 0 atom stereocenters. The van der Waals surface area contributed by atoms with Crippen molar-refractivity contribution in [2.75, 3.05) is 13.1 Å². The maximum absolute atomic E-state index is 10.8. The van der Waals surface area contributed by atoms with Gasteiger partial charge in [0, 0.05) is 13.1 Å². The molecule has 0 aliphatic carbocycles. The van der Waals surface area contributed by atoms with Gasteiger partial charge < -0.3 is 4.84 Å². The third-order valence-electron chi connectivity index (χ3n) is 1.18. The van der Waals surface area contributed by atoms with Gasteiger partial charge in [0.25, 0.3) is 0 Å². The Labute approximate surface area is 67.3 Å². The predicted molar refractivity (Wildman–Crippen MR) is 42.5 cm³/mol. The minimum atomic E-state index is -0.365. The highest BCUT2D eigenvalue weighted by molar-refractivity contribution is 5.71. The highest BCUT2D eigenvalue weighted by atomic mass is 16.7. The van der Waals surface area contributed by atoms with Gasteiger partial charge in [-0.3, -0.25) is 0 Å². The molecule has 0 saturated heterocycles. The topological polar surface area (TPSA) is 29.5 Å². The van der Waals surface area contributed by atoms with E-state index in [1.165, 1.54) is 0 Å². The second kappa shape index (κ2) is 5.75. The molecule has 3 heteroatoms. The van der Waals surface area contributed by atoms with Crippen LogP contribution in [0.1, 0.15) is 20.3 Å². The minimum absolute atomic E-state index is 0.0382. The first-order chi connectivity index (χ1) is 5.24. The van der Waals surface area contributed by atoms with Gasteiger partial charge in [-0.15, -0.1) is 11.5 Å². The molecule has 0 amide bonds. The van der Waals surface area contributed by atoms with Gasteiger partial charge in [-0.05, 0) is 13.8 Å². The Balaban J connectivity index is 3.64. The van der Waals surface area contributed by atoms with Crippen LogP contribution in [0.25, 0.3) is 0 Å². The molecule has 0 saturated carbocycles. The van der Waals surface area contributed by atoms with Gasteiger partial charge in [-0.2, -0.15) is 0 Å². The molecule has 0 bridgehead atoms. The average Bonchev–Trinajstić information content (AvgIpc) is 2.01. The van der Waals surface area contributed by atoms with E-state index in [2.05, 4.69) is 5.92 Å². The van der Waals surface area contributed by atoms with Crippen molar-refractivity contribution in [3.8, 4) is 12.3 Å². The van der Waals surface area contributed by atoms with Gasteiger partial charge in [0.2, 0.25) is 0 Å². The number of hydrogen-bond donors (Lipinski definition) is 0. The monoisotopic (exact) mass is 155 g/mol. The highest BCUT2D eigenvalue weighted by Crippen LogP contribution is 1.91. The molecule has 0 aromatic heterocycles. The number of hydrogen-bond acceptors (Lipinski definition) is 3. The zero-order valence-corrected chi connectivity index (χ0v) is 6.96. The van der Waals surface area contributed by atoms with Gasteiger partial charge in [0.05, 0.1) is 0 Å². The van der Waals surface area contributed by atoms with E-state index < -0.39 is 0 Å². The molecule has 0 heterocycles. The second-order valence-corrected chi connectivity index (χ2v) is 1.96. The van der Waals surface area contributed by atoms with E-state index in [0.717, 1.165) is 0 Å². The largest absolute Gasteiger partial charge is 0.367 e. The van der Waals surface area contributed by atoms with E-state index in [4.69, 9.17) is 11.3 Å². The molecule has 0 aliphatic heterocycles. The van der Waals surface area contributed by atoms with Gasteiger partial charge in [0.15, 0.2) is 0 Å². The molecule has 0 radical (unpaired) electrons. The summed E-state index contributed by atoms with van der Waals surface area (Å²) in [5.74, 6) is 1.86. The van der Waals surface area contributed by atoms with E-state index in [1.54, 1.807) is 5.06 Å². The molecule has 0 fully saturated rings. The van der Waals surface area contributed by atoms with Crippen molar-refractivity contribution in [1.82, 2.24) is 5.06 Å². The molecule has 0 spiro atoms. The minimum Gasteiger partial charge on any atom is -0.367 e. The molecule has 0 aromatic carbocycles. The summed E-state index contributed by atoms with van der Waals surface area (Å²) in [6.07, 6.45) is 4.96. The molecule has 62 valence electrons. The average molecular weight is 155 g/mol. The number of terminal acetylenes is 1. The van der Waals surface area contributed by atoms with Crippen LogP contribution in [0, 0.1) is 12.3 Å². The van der Waals surface area contributed by atoms with Crippen LogP contribution in [0.2, 0.25) is 0 Å². The zero-order valence-electron chi connectivity index (χ0n) is 6.96. The number of hydroxylamine groups is 2. The normalized spacial score (nSPS) is 9.27. The van der Waals surface area contributed by atoms with Crippen LogP contribution >= 0.6 is 0 Å². The first kappa shape index (κ1) is 9.99. The Bertz CT molecular complexity index is 156. The number of carbonyl (C=O) groups is 1. The summed E-state index contributed by atoms with van der Waals surface area (Å²) in [4.78, 5) is 15.6. The maximum Gasteiger partial charge on any atom is 0.336 e. The zero-order chi connectivity index (χ0) is 8.69. The summed E-state index contributed by atoms with van der Waals surface area (Å²) in [7, 11) is 0. The molecule has 0 aliphatic rings. The molecule has 0 rings (SSSR count). The Morgan fingerprint density at radius 3 is 2.45 bits per heavy atom. The summed E-state index contributed by atoms with van der Waals surface area (Å²) in [5.41, 5.74) is 0. The van der Waals surface area contributed by atoms with Crippen LogP contribution in [0.5, 0.6) is 0 Å². The lowest BCUT2D eigenvalue weighted by molar-refractivity contribution is -0.187. The Morgan fingerprint density at radius 1 is 1.55 bits per heavy atom. The van der Waals surface area contributed by atoms with Crippen LogP contribution in [-0.2, 0) is 9.63 Å². The van der Waals surface area contributed by atoms with Crippen molar-refractivity contribution in [3.63, 3.8) is 0 Å². The van der Waals surface area contributed by atoms with Gasteiger partial charge in [-0.25, -0.2) is 4.79 Å². The molecular formula is C8H13NO2. The lowest BCUT2D eigenvalue weighted by atomic mass is 10.5. The number of nitrogens with zero attached hydrogens (tertiary/aromatic N) is 1. The Kier molecular flexibility index (Phi) is 5.22. The lowest BCUT2D eigenvalue weighted by Gasteiger charge is -2.15. The van der Waals surface area contributed by atoms with Gasteiger partial charge in [0.1, 0.15) is 6.42 Å². The Morgan fingerprint density at radius 2 is 2.09 bits per heavy atom. The van der Waals surface area contributed by atoms with Gasteiger partial charge >= 0.3 is 5.97 Å². The van der Waals surface area contributed by atoms with E-state index in [-0.39, 0.29) is 12.4 Å². The summed E-state index contributed by atoms with van der Waals surface area (Å²) in [6.45, 7) is 5.19. The predicted octanol–water partition coefficient (Wildman–Crippen LogP) is 0.810. The van der Waals surface area contributed by atoms with Crippen molar-refractivity contribution in [2.45, 2.75) is 20.3 Å². The van der Waals surface area contributed by atoms with Crippen molar-refractivity contribution in [1.29, 1.82) is 0 Å². The van der Waals surface area contributed by atoms with Gasteiger partial charge in [-0.1, -0.05) is 5.92 Å². The van der Waals surface area contributed by atoms with E-state index in [1.807, 2.05) is 13.8 Å². The molecule has 0 aromatic rings. The van der Waals surface area contributed by atoms with Crippen molar-refractivity contribution in [2.24, 2.45) is 0 Å². The smallest absolute Gasteiger partial charge is 0.336 e. The summed E-state index contributed by atoms with van der Waals surface area (Å²) >= 11 is 0. The fraction of sp³-hybridized carbons (Fsp3) is 0.625. The highest BCUT2D eigenvalue weighted by Gasteiger charge is 2.05. The van der Waals surface area contributed by atoms with Crippen LogP contribution in [0.4, 0.5) is 0 Å². The molecule has 11 heavy (non-hydrogen) atoms. The maximum atomic E-state index is 10.8. The van der Waals surface area contributed by atoms with Crippen LogP contribution in [-0.4, -0.2) is 24.1 Å². The number of rotatable bonds is 4. The molecule has 0 unspecified atom stereocenters. The fourth-order valence-corrected chi connectivity index (χ4v) is 0.612. The van der Waals surface area contributed by atoms with Crippen molar-refractivity contribution < 1.29 is 9.63 Å². The van der Waals surface area contributed by atoms with Crippen LogP contribution in [0.3, 0.4) is 0 Å². The van der Waals surface area contributed by atoms with Crippen molar-refractivity contribution >= 4 is 5.97 Å². The number of carbonyl (C=O) groups excluding carboxylic acids is 1. The first-order valence-electron chi connectivity index (χ1n) is 3.63. The first-order valence-corrected chi connectivity index (χ1v) is 3.63. The van der Waals surface area contributed by atoms with Crippen LogP contribution < -0.4 is 0 Å². The lowest BCUT2D eigenvalue weighted by Crippen LogP contribution is -2.26. The second-order valence-electron chi connectivity index (χ2n) is 1.96. The fourth-order valence-electron chi connectivity index (χ4n) is 0.612. The van der Waals surface area contributed by atoms with Crippen molar-refractivity contribution in [3.05, 3.63) is 0 Å². The van der Waals surface area contributed by atoms with E-state index in [0.29, 0.717) is 13.1 Å². The molecule has 0 N–H and O–H groups in total. The van der Waals surface area contributed by atoms with E-state index >= 15 is 0 Å². The quantitative estimate of drug-likeness (QED) is 0.444. The third kappa shape index (κ3) is 4.40. The summed E-state index contributed by atoms with van der Waals surface area (Å²) in [5, 5.41) is 1.56. The molecular weight excluding hydrogens is 142 g/mol. The standard InChI is InChI=1S/C8H13NO2/c1-4-7-8(10)11-9(5-2)6-3/h1H,5-7H2,2-3H3. The summed E-state index contributed by atoms with van der Waals surface area (Å²) < 4.78 is 0.